The van der Waals surface area contributed by atoms with Crippen molar-refractivity contribution < 1.29 is 22.8 Å². The summed E-state index contributed by atoms with van der Waals surface area (Å²) >= 11 is 3.38. The van der Waals surface area contributed by atoms with Crippen LogP contribution in [-0.4, -0.2) is 20.8 Å². The van der Waals surface area contributed by atoms with Crippen LogP contribution in [0.25, 0.3) is 0 Å². The van der Waals surface area contributed by atoms with Gasteiger partial charge in [-0.15, -0.1) is 0 Å². The Bertz CT molecular complexity index is 1240. The summed E-state index contributed by atoms with van der Waals surface area (Å²) in [4.78, 5) is 12.8. The molecular weight excluding hydrogens is 486 g/mol. The normalized spacial score (nSPS) is 10.9. The first kappa shape index (κ1) is 21.7. The minimum atomic E-state index is -0.521. The third-order valence-electron chi connectivity index (χ3n) is 4.60. The molecule has 164 valence electrons. The molecule has 0 saturated carbocycles. The molecule has 0 aliphatic heterocycles. The number of carbonyl (C=O) groups is 1. The summed E-state index contributed by atoms with van der Waals surface area (Å²) in [5.74, 6) is -0.0391. The predicted octanol–water partition coefficient (Wildman–Crippen LogP) is 5.10. The van der Waals surface area contributed by atoms with Crippen LogP contribution in [0.15, 0.2) is 63.7 Å². The zero-order chi connectivity index (χ0) is 22.7. The molecule has 0 aliphatic rings. The van der Waals surface area contributed by atoms with Gasteiger partial charge in [-0.2, -0.15) is 5.10 Å². The number of anilines is 1. The highest BCUT2D eigenvalue weighted by Crippen LogP contribution is 2.23. The molecule has 7 nitrogen and oxygen atoms in total. The number of ether oxygens (including phenoxy) is 1. The molecule has 0 bridgehead atoms. The van der Waals surface area contributed by atoms with Crippen molar-refractivity contribution in [2.24, 2.45) is 0 Å². The monoisotopic (exact) mass is 502 g/mol. The van der Waals surface area contributed by atoms with Gasteiger partial charge in [-0.05, 0) is 64.8 Å². The average Bonchev–Trinajstić information content (AvgIpc) is 3.31. The number of amides is 1. The smallest absolute Gasteiger partial charge is 0.279 e. The Kier molecular flexibility index (Phi) is 6.31. The third kappa shape index (κ3) is 5.02. The Hall–Kier alpha value is -3.53. The van der Waals surface area contributed by atoms with Gasteiger partial charge < -0.3 is 14.6 Å². The second-order valence-electron chi connectivity index (χ2n) is 6.91. The number of hydrogen-bond acceptors (Lipinski definition) is 5. The van der Waals surface area contributed by atoms with E-state index >= 15 is 0 Å². The highest BCUT2D eigenvalue weighted by atomic mass is 79.9. The van der Waals surface area contributed by atoms with Gasteiger partial charge in [-0.1, -0.05) is 17.3 Å². The summed E-state index contributed by atoms with van der Waals surface area (Å²) in [5.41, 5.74) is 1.38. The number of aromatic nitrogens is 3. The second-order valence-corrected chi connectivity index (χ2v) is 7.77. The number of aryl methyl sites for hydroxylation is 1. The minimum absolute atomic E-state index is 0.0178. The van der Waals surface area contributed by atoms with E-state index in [4.69, 9.17) is 9.26 Å². The number of carbonyl (C=O) groups excluding carboxylic acids is 1. The molecule has 0 spiro atoms. The summed E-state index contributed by atoms with van der Waals surface area (Å²) in [6.45, 7) is 2.08. The van der Waals surface area contributed by atoms with Crippen molar-refractivity contribution in [1.29, 1.82) is 0 Å². The van der Waals surface area contributed by atoms with Crippen molar-refractivity contribution in [3.8, 4) is 5.75 Å². The molecule has 10 heteroatoms. The zero-order valence-electron chi connectivity index (χ0n) is 16.8. The van der Waals surface area contributed by atoms with Crippen LogP contribution in [0.4, 0.5) is 14.6 Å². The molecule has 0 aliphatic carbocycles. The van der Waals surface area contributed by atoms with Crippen LogP contribution in [-0.2, 0) is 13.2 Å². The lowest BCUT2D eigenvalue weighted by atomic mass is 10.2. The fraction of sp³-hybridized carbons (Fsp3) is 0.136. The Morgan fingerprint density at radius 3 is 2.47 bits per heavy atom. The lowest BCUT2D eigenvalue weighted by Gasteiger charge is -2.07. The van der Waals surface area contributed by atoms with E-state index < -0.39 is 5.91 Å². The van der Waals surface area contributed by atoms with Gasteiger partial charge in [0.25, 0.3) is 5.91 Å². The van der Waals surface area contributed by atoms with Crippen LogP contribution in [0.2, 0.25) is 0 Å². The van der Waals surface area contributed by atoms with E-state index in [-0.39, 0.29) is 23.9 Å². The molecule has 2 heterocycles. The maximum Gasteiger partial charge on any atom is 0.279 e. The zero-order valence-corrected chi connectivity index (χ0v) is 18.4. The van der Waals surface area contributed by atoms with Gasteiger partial charge in [0.15, 0.2) is 11.5 Å². The van der Waals surface area contributed by atoms with Crippen molar-refractivity contribution in [3.05, 3.63) is 93.4 Å². The van der Waals surface area contributed by atoms with E-state index in [1.807, 2.05) is 0 Å². The van der Waals surface area contributed by atoms with Crippen LogP contribution in [0.3, 0.4) is 0 Å². The summed E-state index contributed by atoms with van der Waals surface area (Å²) in [6, 6.07) is 11.6. The van der Waals surface area contributed by atoms with Crippen LogP contribution in [0.1, 0.15) is 27.4 Å². The number of halogens is 3. The van der Waals surface area contributed by atoms with Crippen molar-refractivity contribution >= 4 is 27.7 Å². The molecule has 2 aromatic carbocycles. The summed E-state index contributed by atoms with van der Waals surface area (Å²) in [6.07, 6.45) is 1.70. The second kappa shape index (κ2) is 9.31. The Balaban J connectivity index is 1.45. The van der Waals surface area contributed by atoms with Crippen LogP contribution in [0.5, 0.6) is 5.75 Å². The molecule has 0 unspecified atom stereocenters. The van der Waals surface area contributed by atoms with Crippen molar-refractivity contribution in [2.45, 2.75) is 20.1 Å². The molecule has 1 N–H and O–H groups in total. The van der Waals surface area contributed by atoms with Crippen LogP contribution < -0.4 is 10.1 Å². The van der Waals surface area contributed by atoms with Gasteiger partial charge in [-0.25, -0.2) is 8.78 Å². The predicted molar refractivity (Wildman–Crippen MR) is 115 cm³/mol. The summed E-state index contributed by atoms with van der Waals surface area (Å²) < 4.78 is 39.1. The van der Waals surface area contributed by atoms with Gasteiger partial charge in [0, 0.05) is 6.20 Å². The Labute approximate surface area is 190 Å². The number of nitrogens with one attached hydrogen (secondary N) is 1. The maximum atomic E-state index is 13.1. The van der Waals surface area contributed by atoms with E-state index in [0.717, 1.165) is 5.56 Å². The molecule has 4 rings (SSSR count). The largest absolute Gasteiger partial charge is 0.489 e. The molecule has 4 aromatic rings. The summed E-state index contributed by atoms with van der Waals surface area (Å²) in [5, 5.41) is 10.9. The molecular formula is C22H17BrF2N4O3. The van der Waals surface area contributed by atoms with E-state index in [9.17, 15) is 13.6 Å². The Morgan fingerprint density at radius 2 is 1.78 bits per heavy atom. The SMILES string of the molecule is Cc1onc(C(=O)Nc2nn(Cc3ccc(F)cc3)cc2Br)c1COc1ccc(F)cc1. The molecule has 1 amide bonds. The quantitative estimate of drug-likeness (QED) is 0.380. The van der Waals surface area contributed by atoms with E-state index in [1.54, 1.807) is 29.9 Å². The average molecular weight is 503 g/mol. The maximum absolute atomic E-state index is 13.1. The fourth-order valence-corrected chi connectivity index (χ4v) is 3.35. The van der Waals surface area contributed by atoms with Crippen molar-refractivity contribution in [1.82, 2.24) is 14.9 Å². The van der Waals surface area contributed by atoms with Crippen molar-refractivity contribution in [2.75, 3.05) is 5.32 Å². The van der Waals surface area contributed by atoms with Gasteiger partial charge in [0.1, 0.15) is 29.8 Å². The lowest BCUT2D eigenvalue weighted by Crippen LogP contribution is -2.16. The highest BCUT2D eigenvalue weighted by Gasteiger charge is 2.22. The molecule has 0 fully saturated rings. The number of rotatable bonds is 7. The first-order valence-electron chi connectivity index (χ1n) is 9.51. The number of hydrogen-bond donors (Lipinski definition) is 1. The minimum Gasteiger partial charge on any atom is -0.489 e. The third-order valence-corrected chi connectivity index (χ3v) is 5.18. The van der Waals surface area contributed by atoms with Crippen LogP contribution in [0, 0.1) is 18.6 Å². The van der Waals surface area contributed by atoms with E-state index in [0.29, 0.717) is 33.9 Å². The van der Waals surface area contributed by atoms with E-state index in [1.165, 1.54) is 36.4 Å². The molecule has 32 heavy (non-hydrogen) atoms. The molecule has 0 saturated heterocycles. The number of nitrogens with zero attached hydrogens (tertiary/aromatic N) is 3. The molecule has 0 radical (unpaired) electrons. The molecule has 0 atom stereocenters. The highest BCUT2D eigenvalue weighted by molar-refractivity contribution is 9.10. The van der Waals surface area contributed by atoms with Crippen LogP contribution >= 0.6 is 15.9 Å². The van der Waals surface area contributed by atoms with Gasteiger partial charge in [0.05, 0.1) is 16.6 Å². The standard InChI is InChI=1S/C22H17BrF2N4O3/c1-13-18(12-31-17-8-6-16(25)7-9-17)20(28-32-13)22(30)26-21-19(23)11-29(27-21)10-14-2-4-15(24)5-3-14/h2-9,11H,10,12H2,1H3,(H,26,27,30). The molecule has 2 aromatic heterocycles. The topological polar surface area (TPSA) is 82.2 Å². The first-order chi connectivity index (χ1) is 15.4. The van der Waals surface area contributed by atoms with Gasteiger partial charge >= 0.3 is 0 Å². The first-order valence-corrected chi connectivity index (χ1v) is 10.3. The lowest BCUT2D eigenvalue weighted by molar-refractivity contribution is 0.101. The Morgan fingerprint density at radius 1 is 1.12 bits per heavy atom. The fourth-order valence-electron chi connectivity index (χ4n) is 2.93. The summed E-state index contributed by atoms with van der Waals surface area (Å²) in [7, 11) is 0. The van der Waals surface area contributed by atoms with Gasteiger partial charge in [-0.3, -0.25) is 9.48 Å². The van der Waals surface area contributed by atoms with E-state index in [2.05, 4.69) is 31.5 Å². The van der Waals surface area contributed by atoms with Crippen molar-refractivity contribution in [3.63, 3.8) is 0 Å². The van der Waals surface area contributed by atoms with Gasteiger partial charge in [0.2, 0.25) is 0 Å². The number of benzene rings is 2.